The molecule has 158 valence electrons. The minimum atomic E-state index is -0.338. The minimum Gasteiger partial charge on any atom is -0.496 e. The van der Waals surface area contributed by atoms with Crippen LogP contribution >= 0.6 is 34.8 Å². The van der Waals surface area contributed by atoms with E-state index >= 15 is 0 Å². The van der Waals surface area contributed by atoms with Crippen LogP contribution in [-0.4, -0.2) is 24.0 Å². The van der Waals surface area contributed by atoms with Gasteiger partial charge in [0.25, 0.3) is 11.8 Å². The highest BCUT2D eigenvalue weighted by Gasteiger charge is 2.12. The number of anilines is 1. The Morgan fingerprint density at radius 3 is 2.39 bits per heavy atom. The van der Waals surface area contributed by atoms with Crippen molar-refractivity contribution >= 4 is 57.4 Å². The van der Waals surface area contributed by atoms with Gasteiger partial charge in [0.2, 0.25) is 0 Å². The fraction of sp³-hybridized carbons (Fsp3) is 0.0870. The van der Waals surface area contributed by atoms with Gasteiger partial charge in [-0.3, -0.25) is 14.9 Å². The highest BCUT2D eigenvalue weighted by Crippen LogP contribution is 2.21. The zero-order valence-electron chi connectivity index (χ0n) is 16.6. The Morgan fingerprint density at radius 2 is 1.68 bits per heavy atom. The molecule has 6 nitrogen and oxygen atoms in total. The fourth-order valence-electron chi connectivity index (χ4n) is 2.76. The number of carbonyl (C=O) groups excluding carboxylic acids is 2. The van der Waals surface area contributed by atoms with Crippen LogP contribution in [0.1, 0.15) is 26.3 Å². The number of rotatable bonds is 6. The number of benzene rings is 3. The van der Waals surface area contributed by atoms with Crippen LogP contribution in [0.4, 0.5) is 5.69 Å². The van der Waals surface area contributed by atoms with E-state index in [9.17, 15) is 9.59 Å². The van der Waals surface area contributed by atoms with Crippen molar-refractivity contribution in [2.45, 2.75) is 6.54 Å². The van der Waals surface area contributed by atoms with Gasteiger partial charge in [0, 0.05) is 23.4 Å². The van der Waals surface area contributed by atoms with E-state index in [1.807, 2.05) is 30.3 Å². The van der Waals surface area contributed by atoms with Gasteiger partial charge in [0.15, 0.2) is 5.11 Å². The standard InChI is InChI=1S/C23H20IN3O3S/c1-30-20-11-10-17(13-19(20)24)22(29)27-23(31)26-18-9-5-8-16(12-18)21(28)25-14-15-6-3-2-4-7-15/h2-13H,14H2,1H3,(H,25,28)(H2,26,27,29,31). The third-order valence-corrected chi connectivity index (χ3v) is 5.37. The molecular weight excluding hydrogens is 525 g/mol. The summed E-state index contributed by atoms with van der Waals surface area (Å²) in [6.45, 7) is 0.437. The molecule has 3 aromatic carbocycles. The normalized spacial score (nSPS) is 10.1. The lowest BCUT2D eigenvalue weighted by Crippen LogP contribution is -2.34. The predicted octanol–water partition coefficient (Wildman–Crippen LogP) is 4.36. The fourth-order valence-corrected chi connectivity index (χ4v) is 3.71. The summed E-state index contributed by atoms with van der Waals surface area (Å²) in [5, 5.41) is 8.60. The number of amides is 2. The van der Waals surface area contributed by atoms with Gasteiger partial charge in [0.1, 0.15) is 5.75 Å². The van der Waals surface area contributed by atoms with Crippen molar-refractivity contribution in [3.8, 4) is 5.75 Å². The highest BCUT2D eigenvalue weighted by atomic mass is 127. The van der Waals surface area contributed by atoms with E-state index in [1.54, 1.807) is 49.6 Å². The van der Waals surface area contributed by atoms with Crippen molar-refractivity contribution in [1.29, 1.82) is 0 Å². The number of carbonyl (C=O) groups is 2. The first-order chi connectivity index (χ1) is 15.0. The first-order valence-corrected chi connectivity index (χ1v) is 10.8. The van der Waals surface area contributed by atoms with Crippen molar-refractivity contribution in [2.24, 2.45) is 0 Å². The summed E-state index contributed by atoms with van der Waals surface area (Å²) in [5.74, 6) is 0.158. The van der Waals surface area contributed by atoms with Crippen molar-refractivity contribution in [1.82, 2.24) is 10.6 Å². The second kappa shape index (κ2) is 10.9. The number of thiocarbonyl (C=S) groups is 1. The molecule has 3 aromatic rings. The largest absolute Gasteiger partial charge is 0.496 e. The van der Waals surface area contributed by atoms with Crippen LogP contribution in [0.2, 0.25) is 0 Å². The molecule has 0 atom stereocenters. The average molecular weight is 545 g/mol. The molecule has 0 unspecified atom stereocenters. The van der Waals surface area contributed by atoms with Crippen molar-refractivity contribution in [3.63, 3.8) is 0 Å². The lowest BCUT2D eigenvalue weighted by atomic mass is 10.1. The van der Waals surface area contributed by atoms with Crippen LogP contribution in [-0.2, 0) is 6.54 Å². The smallest absolute Gasteiger partial charge is 0.257 e. The number of hydrogen-bond acceptors (Lipinski definition) is 4. The Kier molecular flexibility index (Phi) is 7.96. The van der Waals surface area contributed by atoms with Gasteiger partial charge >= 0.3 is 0 Å². The van der Waals surface area contributed by atoms with Gasteiger partial charge in [0.05, 0.1) is 10.7 Å². The van der Waals surface area contributed by atoms with Crippen LogP contribution in [0.5, 0.6) is 5.75 Å². The lowest BCUT2D eigenvalue weighted by Gasteiger charge is -2.12. The Labute approximate surface area is 199 Å². The first-order valence-electron chi connectivity index (χ1n) is 9.34. The topological polar surface area (TPSA) is 79.5 Å². The summed E-state index contributed by atoms with van der Waals surface area (Å²) < 4.78 is 6.02. The summed E-state index contributed by atoms with van der Waals surface area (Å²) in [6, 6.07) is 21.7. The molecule has 3 N–H and O–H groups in total. The molecule has 0 spiro atoms. The van der Waals surface area contributed by atoms with E-state index in [0.29, 0.717) is 29.1 Å². The van der Waals surface area contributed by atoms with Crippen LogP contribution in [0, 0.1) is 3.57 Å². The predicted molar refractivity (Wildman–Crippen MR) is 133 cm³/mol. The zero-order chi connectivity index (χ0) is 22.2. The summed E-state index contributed by atoms with van der Waals surface area (Å²) in [7, 11) is 1.58. The second-order valence-electron chi connectivity index (χ2n) is 6.51. The Hall–Kier alpha value is -2.98. The van der Waals surface area contributed by atoms with Crippen LogP contribution in [0.3, 0.4) is 0 Å². The number of methoxy groups -OCH3 is 1. The van der Waals surface area contributed by atoms with Crippen molar-refractivity contribution < 1.29 is 14.3 Å². The number of nitrogens with one attached hydrogen (secondary N) is 3. The first kappa shape index (κ1) is 22.7. The van der Waals surface area contributed by atoms with Gasteiger partial charge in [-0.2, -0.15) is 0 Å². The second-order valence-corrected chi connectivity index (χ2v) is 8.08. The van der Waals surface area contributed by atoms with E-state index in [4.69, 9.17) is 17.0 Å². The summed E-state index contributed by atoms with van der Waals surface area (Å²) in [4.78, 5) is 24.9. The Balaban J connectivity index is 1.58. The van der Waals surface area contributed by atoms with Gasteiger partial charge in [-0.05, 0) is 76.8 Å². The molecule has 0 saturated carbocycles. The molecule has 0 aliphatic carbocycles. The molecule has 2 amide bonds. The highest BCUT2D eigenvalue weighted by molar-refractivity contribution is 14.1. The molecule has 31 heavy (non-hydrogen) atoms. The van der Waals surface area contributed by atoms with Gasteiger partial charge in [-0.25, -0.2) is 0 Å². The summed E-state index contributed by atoms with van der Waals surface area (Å²) in [6.07, 6.45) is 0. The maximum Gasteiger partial charge on any atom is 0.257 e. The monoisotopic (exact) mass is 545 g/mol. The molecule has 0 aliphatic rings. The van der Waals surface area contributed by atoms with E-state index in [-0.39, 0.29) is 16.9 Å². The number of halogens is 1. The van der Waals surface area contributed by atoms with E-state index < -0.39 is 0 Å². The van der Waals surface area contributed by atoms with Crippen molar-refractivity contribution in [3.05, 3.63) is 93.1 Å². The van der Waals surface area contributed by atoms with Gasteiger partial charge in [-0.1, -0.05) is 36.4 Å². The molecule has 0 bridgehead atoms. The van der Waals surface area contributed by atoms with Crippen LogP contribution < -0.4 is 20.7 Å². The molecule has 3 rings (SSSR count). The third-order valence-electron chi connectivity index (χ3n) is 4.32. The molecule has 0 aliphatic heterocycles. The number of ether oxygens (including phenoxy) is 1. The van der Waals surface area contributed by atoms with Crippen molar-refractivity contribution in [2.75, 3.05) is 12.4 Å². The maximum absolute atomic E-state index is 12.5. The maximum atomic E-state index is 12.5. The quantitative estimate of drug-likeness (QED) is 0.317. The van der Waals surface area contributed by atoms with Crippen LogP contribution in [0.25, 0.3) is 0 Å². The molecule has 0 radical (unpaired) electrons. The molecule has 0 saturated heterocycles. The van der Waals surface area contributed by atoms with Crippen LogP contribution in [0.15, 0.2) is 72.8 Å². The third kappa shape index (κ3) is 6.50. The summed E-state index contributed by atoms with van der Waals surface area (Å²) in [5.41, 5.74) is 2.56. The number of hydrogen-bond donors (Lipinski definition) is 3. The molecule has 8 heteroatoms. The minimum absolute atomic E-state index is 0.137. The zero-order valence-corrected chi connectivity index (χ0v) is 19.6. The van der Waals surface area contributed by atoms with E-state index in [1.165, 1.54) is 0 Å². The van der Waals surface area contributed by atoms with Gasteiger partial charge in [-0.15, -0.1) is 0 Å². The lowest BCUT2D eigenvalue weighted by molar-refractivity contribution is 0.0948. The average Bonchev–Trinajstić information content (AvgIpc) is 2.78. The molecule has 0 aromatic heterocycles. The van der Waals surface area contributed by atoms with E-state index in [0.717, 1.165) is 9.13 Å². The summed E-state index contributed by atoms with van der Waals surface area (Å²) >= 11 is 7.35. The SMILES string of the molecule is COc1ccc(C(=O)NC(=S)Nc2cccc(C(=O)NCc3ccccc3)c2)cc1I. The molecule has 0 fully saturated rings. The molecule has 0 heterocycles. The van der Waals surface area contributed by atoms with E-state index in [2.05, 4.69) is 38.5 Å². The Morgan fingerprint density at radius 1 is 0.935 bits per heavy atom. The molecular formula is C23H20IN3O3S. The van der Waals surface area contributed by atoms with Gasteiger partial charge < -0.3 is 15.4 Å². The Bertz CT molecular complexity index is 1110.